The Labute approximate surface area is 81.5 Å². The minimum atomic E-state index is -0.175. The molecular formula is C8H13N3OS. The average Bonchev–Trinajstić information content (AvgIpc) is 2.52. The monoisotopic (exact) mass is 199 g/mol. The molecule has 72 valence electrons. The Balaban J connectivity index is 2.23. The van der Waals surface area contributed by atoms with Crippen LogP contribution in [0, 0.1) is 0 Å². The second-order valence-electron chi connectivity index (χ2n) is 3.23. The molecule has 0 saturated heterocycles. The summed E-state index contributed by atoms with van der Waals surface area (Å²) in [5.74, 6) is 0.843. The zero-order chi connectivity index (χ0) is 9.31. The summed E-state index contributed by atoms with van der Waals surface area (Å²) >= 11 is 1.39. The summed E-state index contributed by atoms with van der Waals surface area (Å²) in [6.45, 7) is 0. The number of nitrogens with one attached hydrogen (secondary N) is 1. The van der Waals surface area contributed by atoms with E-state index in [1.165, 1.54) is 18.0 Å². The number of ether oxygens (including phenoxy) is 1. The highest BCUT2D eigenvalue weighted by molar-refractivity contribution is 7.09. The molecule has 0 spiro atoms. The number of hydrogen-bond acceptors (Lipinski definition) is 5. The third-order valence-corrected chi connectivity index (χ3v) is 3.33. The second-order valence-corrected chi connectivity index (χ2v) is 3.98. The van der Waals surface area contributed by atoms with Crippen molar-refractivity contribution in [2.24, 2.45) is 0 Å². The van der Waals surface area contributed by atoms with E-state index in [2.05, 4.69) is 14.7 Å². The van der Waals surface area contributed by atoms with Gasteiger partial charge in [-0.05, 0) is 19.3 Å². The molecule has 1 aromatic heterocycles. The van der Waals surface area contributed by atoms with E-state index in [1.807, 2.05) is 7.05 Å². The molecule has 0 atom stereocenters. The van der Waals surface area contributed by atoms with Crippen molar-refractivity contribution >= 4 is 16.7 Å². The third kappa shape index (κ3) is 1.32. The molecule has 1 saturated carbocycles. The molecule has 0 aromatic carbocycles. The lowest BCUT2D eigenvalue weighted by Crippen LogP contribution is -2.37. The van der Waals surface area contributed by atoms with Crippen LogP contribution in [0.15, 0.2) is 0 Å². The molecule has 4 nitrogen and oxygen atoms in total. The molecule has 0 unspecified atom stereocenters. The Morgan fingerprint density at radius 1 is 1.54 bits per heavy atom. The zero-order valence-electron chi connectivity index (χ0n) is 7.83. The van der Waals surface area contributed by atoms with E-state index >= 15 is 0 Å². The van der Waals surface area contributed by atoms with Crippen molar-refractivity contribution < 1.29 is 4.74 Å². The molecule has 1 heterocycles. The van der Waals surface area contributed by atoms with Crippen LogP contribution in [-0.4, -0.2) is 23.5 Å². The van der Waals surface area contributed by atoms with Crippen LogP contribution in [0.1, 0.15) is 25.1 Å². The van der Waals surface area contributed by atoms with Crippen LogP contribution < -0.4 is 5.32 Å². The highest BCUT2D eigenvalue weighted by Gasteiger charge is 2.42. The number of hydrogen-bond donors (Lipinski definition) is 1. The van der Waals surface area contributed by atoms with E-state index in [0.29, 0.717) is 0 Å². The minimum absolute atomic E-state index is 0.175. The number of methoxy groups -OCH3 is 1. The van der Waals surface area contributed by atoms with Crippen LogP contribution in [0.25, 0.3) is 0 Å². The van der Waals surface area contributed by atoms with Gasteiger partial charge >= 0.3 is 0 Å². The molecule has 13 heavy (non-hydrogen) atoms. The quantitative estimate of drug-likeness (QED) is 0.803. The Morgan fingerprint density at radius 3 is 2.69 bits per heavy atom. The molecule has 0 bridgehead atoms. The van der Waals surface area contributed by atoms with Crippen LogP contribution in [0.3, 0.4) is 0 Å². The second kappa shape index (κ2) is 3.23. The Morgan fingerprint density at radius 2 is 2.31 bits per heavy atom. The SMILES string of the molecule is CNc1nc(C2(OC)CCC2)ns1. The standard InChI is InChI=1S/C8H13N3OS/c1-9-7-10-6(11-13-7)8(12-2)4-3-5-8/h3-5H2,1-2H3,(H,9,10,11). The molecule has 2 rings (SSSR count). The molecular weight excluding hydrogens is 186 g/mol. The molecule has 0 amide bonds. The number of aromatic nitrogens is 2. The van der Waals surface area contributed by atoms with Crippen molar-refractivity contribution in [2.75, 3.05) is 19.5 Å². The van der Waals surface area contributed by atoms with Gasteiger partial charge in [-0.2, -0.15) is 4.37 Å². The summed E-state index contributed by atoms with van der Waals surface area (Å²) in [6, 6.07) is 0. The fraction of sp³-hybridized carbons (Fsp3) is 0.750. The van der Waals surface area contributed by atoms with Crippen LogP contribution in [0.2, 0.25) is 0 Å². The summed E-state index contributed by atoms with van der Waals surface area (Å²) in [4.78, 5) is 4.37. The number of anilines is 1. The normalized spacial score (nSPS) is 19.5. The lowest BCUT2D eigenvalue weighted by molar-refractivity contribution is -0.0837. The van der Waals surface area contributed by atoms with Gasteiger partial charge in [0.2, 0.25) is 5.13 Å². The lowest BCUT2D eigenvalue weighted by atomic mass is 9.79. The van der Waals surface area contributed by atoms with Gasteiger partial charge in [-0.3, -0.25) is 0 Å². The van der Waals surface area contributed by atoms with Crippen molar-refractivity contribution in [3.8, 4) is 0 Å². The Bertz CT molecular complexity index is 290. The first-order valence-electron chi connectivity index (χ1n) is 4.38. The van der Waals surface area contributed by atoms with Gasteiger partial charge in [0, 0.05) is 25.7 Å². The Hall–Kier alpha value is -0.680. The first kappa shape index (κ1) is 8.90. The third-order valence-electron chi connectivity index (χ3n) is 2.60. The highest BCUT2D eigenvalue weighted by Crippen LogP contribution is 2.43. The van der Waals surface area contributed by atoms with E-state index < -0.39 is 0 Å². The molecule has 1 aliphatic carbocycles. The van der Waals surface area contributed by atoms with Crippen LogP contribution in [0.4, 0.5) is 5.13 Å². The first-order valence-corrected chi connectivity index (χ1v) is 5.15. The van der Waals surface area contributed by atoms with E-state index in [0.717, 1.165) is 23.8 Å². The Kier molecular flexibility index (Phi) is 2.21. The van der Waals surface area contributed by atoms with Gasteiger partial charge in [0.05, 0.1) is 0 Å². The maximum atomic E-state index is 5.47. The maximum Gasteiger partial charge on any atom is 0.202 e. The van der Waals surface area contributed by atoms with Crippen molar-refractivity contribution in [3.63, 3.8) is 0 Å². The van der Waals surface area contributed by atoms with E-state index in [9.17, 15) is 0 Å². The van der Waals surface area contributed by atoms with Crippen LogP contribution in [-0.2, 0) is 10.3 Å². The van der Waals surface area contributed by atoms with Crippen molar-refractivity contribution in [2.45, 2.75) is 24.9 Å². The summed E-state index contributed by atoms with van der Waals surface area (Å²) in [5, 5.41) is 3.84. The van der Waals surface area contributed by atoms with Gasteiger partial charge in [0.25, 0.3) is 0 Å². The molecule has 1 aromatic rings. The first-order chi connectivity index (χ1) is 6.30. The van der Waals surface area contributed by atoms with Crippen LogP contribution >= 0.6 is 11.5 Å². The highest BCUT2D eigenvalue weighted by atomic mass is 32.1. The van der Waals surface area contributed by atoms with Gasteiger partial charge in [0.1, 0.15) is 5.60 Å². The molecule has 1 aliphatic rings. The van der Waals surface area contributed by atoms with Crippen molar-refractivity contribution in [3.05, 3.63) is 5.82 Å². The fourth-order valence-corrected chi connectivity index (χ4v) is 2.13. The van der Waals surface area contributed by atoms with E-state index in [1.54, 1.807) is 7.11 Å². The van der Waals surface area contributed by atoms with E-state index in [4.69, 9.17) is 4.74 Å². The smallest absolute Gasteiger partial charge is 0.202 e. The predicted molar refractivity (Wildman–Crippen MR) is 52.0 cm³/mol. The largest absolute Gasteiger partial charge is 0.370 e. The molecule has 0 radical (unpaired) electrons. The van der Waals surface area contributed by atoms with E-state index in [-0.39, 0.29) is 5.60 Å². The summed E-state index contributed by atoms with van der Waals surface area (Å²) in [6.07, 6.45) is 3.30. The number of nitrogens with zero attached hydrogens (tertiary/aromatic N) is 2. The zero-order valence-corrected chi connectivity index (χ0v) is 8.65. The van der Waals surface area contributed by atoms with Gasteiger partial charge < -0.3 is 10.1 Å². The summed E-state index contributed by atoms with van der Waals surface area (Å²) in [7, 11) is 3.59. The summed E-state index contributed by atoms with van der Waals surface area (Å²) in [5.41, 5.74) is -0.175. The van der Waals surface area contributed by atoms with Crippen molar-refractivity contribution in [1.29, 1.82) is 0 Å². The average molecular weight is 199 g/mol. The van der Waals surface area contributed by atoms with Gasteiger partial charge in [-0.1, -0.05) is 0 Å². The van der Waals surface area contributed by atoms with Gasteiger partial charge in [-0.15, -0.1) is 0 Å². The molecule has 1 N–H and O–H groups in total. The van der Waals surface area contributed by atoms with Crippen molar-refractivity contribution in [1.82, 2.24) is 9.36 Å². The fourth-order valence-electron chi connectivity index (χ4n) is 1.53. The predicted octanol–water partition coefficient (Wildman–Crippen LogP) is 1.61. The number of rotatable bonds is 3. The molecule has 1 fully saturated rings. The van der Waals surface area contributed by atoms with Crippen LogP contribution in [0.5, 0.6) is 0 Å². The summed E-state index contributed by atoms with van der Waals surface area (Å²) < 4.78 is 9.77. The molecule has 0 aliphatic heterocycles. The topological polar surface area (TPSA) is 47.0 Å². The molecule has 5 heteroatoms. The lowest BCUT2D eigenvalue weighted by Gasteiger charge is -2.37. The van der Waals surface area contributed by atoms with Gasteiger partial charge in [0.15, 0.2) is 5.82 Å². The minimum Gasteiger partial charge on any atom is -0.370 e. The maximum absolute atomic E-state index is 5.47. The van der Waals surface area contributed by atoms with Gasteiger partial charge in [-0.25, -0.2) is 4.98 Å².